The molecule has 1 aliphatic heterocycles. The second-order valence-corrected chi connectivity index (χ2v) is 12.6. The van der Waals surface area contributed by atoms with E-state index in [1.807, 2.05) is 23.1 Å². The molecule has 1 fully saturated rings. The number of nitrogens with zero attached hydrogens (tertiary/aromatic N) is 1. The number of hydrogen-bond acceptors (Lipinski definition) is 2. The van der Waals surface area contributed by atoms with Crippen LogP contribution >= 0.6 is 0 Å². The van der Waals surface area contributed by atoms with Gasteiger partial charge in [0.25, 0.3) is 0 Å². The summed E-state index contributed by atoms with van der Waals surface area (Å²) in [5, 5.41) is 0.208. The lowest BCUT2D eigenvalue weighted by Crippen LogP contribution is -2.45. The molecule has 1 aromatic carbocycles. The van der Waals surface area contributed by atoms with Crippen molar-refractivity contribution < 1.29 is 9.22 Å². The third kappa shape index (κ3) is 3.99. The van der Waals surface area contributed by atoms with E-state index in [9.17, 15) is 4.79 Å². The van der Waals surface area contributed by atoms with Gasteiger partial charge in [0.2, 0.25) is 5.91 Å². The fraction of sp³-hybridized carbons (Fsp3) is 0.611. The Bertz CT molecular complexity index is 508. The second kappa shape index (κ2) is 6.55. The van der Waals surface area contributed by atoms with E-state index in [1.54, 1.807) is 0 Å². The molecular weight excluding hydrogens is 290 g/mol. The maximum Gasteiger partial charge on any atom is 0.223 e. The van der Waals surface area contributed by atoms with Crippen LogP contribution < -0.4 is 0 Å². The van der Waals surface area contributed by atoms with Crippen LogP contribution in [0.1, 0.15) is 39.2 Å². The number of amides is 1. The lowest BCUT2D eigenvalue weighted by Gasteiger charge is -2.38. The van der Waals surface area contributed by atoms with E-state index in [1.165, 1.54) is 5.56 Å². The molecule has 4 heteroatoms. The predicted octanol–water partition coefficient (Wildman–Crippen LogP) is 4.20. The summed E-state index contributed by atoms with van der Waals surface area (Å²) in [7, 11) is -1.75. The molecule has 22 heavy (non-hydrogen) atoms. The monoisotopic (exact) mass is 319 g/mol. The van der Waals surface area contributed by atoms with Crippen LogP contribution in [0.5, 0.6) is 0 Å². The van der Waals surface area contributed by atoms with Gasteiger partial charge in [0.05, 0.1) is 12.6 Å². The van der Waals surface area contributed by atoms with E-state index in [2.05, 4.69) is 46.0 Å². The molecule has 1 aliphatic rings. The first kappa shape index (κ1) is 17.2. The van der Waals surface area contributed by atoms with Gasteiger partial charge in [-0.15, -0.1) is 0 Å². The van der Waals surface area contributed by atoms with Crippen LogP contribution in [0, 0.1) is 0 Å². The van der Waals surface area contributed by atoms with Crippen molar-refractivity contribution in [1.82, 2.24) is 4.90 Å². The van der Waals surface area contributed by atoms with Gasteiger partial charge < -0.3 is 9.33 Å². The van der Waals surface area contributed by atoms with Crippen molar-refractivity contribution >= 4 is 14.2 Å². The minimum atomic E-state index is -1.75. The Hall–Kier alpha value is -1.13. The summed E-state index contributed by atoms with van der Waals surface area (Å²) in [4.78, 5) is 14.2. The average molecular weight is 320 g/mol. The average Bonchev–Trinajstić information content (AvgIpc) is 2.78. The van der Waals surface area contributed by atoms with Gasteiger partial charge in [0.1, 0.15) is 0 Å². The van der Waals surface area contributed by atoms with Crippen molar-refractivity contribution in [3.05, 3.63) is 35.9 Å². The van der Waals surface area contributed by atoms with E-state index in [4.69, 9.17) is 4.43 Å². The zero-order chi connectivity index (χ0) is 16.4. The number of likely N-dealkylation sites (tertiary alicyclic amines) is 1. The van der Waals surface area contributed by atoms with Crippen molar-refractivity contribution in [2.24, 2.45) is 0 Å². The van der Waals surface area contributed by atoms with Gasteiger partial charge >= 0.3 is 0 Å². The first-order valence-electron chi connectivity index (χ1n) is 8.18. The summed E-state index contributed by atoms with van der Waals surface area (Å²) in [5.74, 6) is 0.257. The van der Waals surface area contributed by atoms with Crippen molar-refractivity contribution in [1.29, 1.82) is 0 Å². The van der Waals surface area contributed by atoms with Crippen LogP contribution in [-0.4, -0.2) is 31.8 Å². The highest BCUT2D eigenvalue weighted by Crippen LogP contribution is 2.37. The molecule has 0 spiro atoms. The van der Waals surface area contributed by atoms with E-state index in [0.29, 0.717) is 19.6 Å². The molecule has 2 rings (SSSR count). The molecule has 1 aromatic rings. The van der Waals surface area contributed by atoms with Gasteiger partial charge in [0.15, 0.2) is 8.32 Å². The van der Waals surface area contributed by atoms with E-state index in [-0.39, 0.29) is 17.0 Å². The van der Waals surface area contributed by atoms with Crippen LogP contribution in [0.3, 0.4) is 0 Å². The van der Waals surface area contributed by atoms with Gasteiger partial charge in [0, 0.05) is 13.0 Å². The van der Waals surface area contributed by atoms with Crippen LogP contribution in [0.2, 0.25) is 18.1 Å². The largest absolute Gasteiger partial charge is 0.415 e. The highest BCUT2D eigenvalue weighted by atomic mass is 28.4. The van der Waals surface area contributed by atoms with E-state index >= 15 is 0 Å². The standard InChI is InChI=1S/C18H29NO2Si/c1-18(2,3)22(4,5)21-14-16-11-12-17(20)19(16)13-15-9-7-6-8-10-15/h6-10,16H,11-14H2,1-5H3/t16-/m0/s1. The van der Waals surface area contributed by atoms with E-state index in [0.717, 1.165) is 6.42 Å². The third-order valence-corrected chi connectivity index (χ3v) is 9.59. The smallest absolute Gasteiger partial charge is 0.223 e. The first-order valence-corrected chi connectivity index (χ1v) is 11.1. The maximum absolute atomic E-state index is 12.2. The molecular formula is C18H29NO2Si. The Morgan fingerprint density at radius 1 is 1.23 bits per heavy atom. The Morgan fingerprint density at radius 3 is 2.45 bits per heavy atom. The molecule has 1 saturated heterocycles. The van der Waals surface area contributed by atoms with Crippen molar-refractivity contribution in [2.45, 2.75) is 64.3 Å². The second-order valence-electron chi connectivity index (χ2n) is 7.77. The molecule has 0 unspecified atom stereocenters. The minimum absolute atomic E-state index is 0.208. The summed E-state index contributed by atoms with van der Waals surface area (Å²) in [6.45, 7) is 12.7. The molecule has 3 nitrogen and oxygen atoms in total. The van der Waals surface area contributed by atoms with Crippen LogP contribution in [0.25, 0.3) is 0 Å². The number of carbonyl (C=O) groups is 1. The zero-order valence-electron chi connectivity index (χ0n) is 14.6. The lowest BCUT2D eigenvalue weighted by molar-refractivity contribution is -0.130. The molecule has 0 radical (unpaired) electrons. The summed E-state index contributed by atoms with van der Waals surface area (Å²) in [6, 6.07) is 10.4. The summed E-state index contributed by atoms with van der Waals surface area (Å²) < 4.78 is 6.34. The SMILES string of the molecule is CC(C)(C)[Si](C)(C)OC[C@@H]1CCC(=O)N1Cc1ccccc1. The highest BCUT2D eigenvalue weighted by molar-refractivity contribution is 6.74. The third-order valence-electron chi connectivity index (χ3n) is 5.09. The maximum atomic E-state index is 12.2. The van der Waals surface area contributed by atoms with Gasteiger partial charge in [-0.3, -0.25) is 4.79 Å². The molecule has 0 aliphatic carbocycles. The topological polar surface area (TPSA) is 29.5 Å². The summed E-state index contributed by atoms with van der Waals surface area (Å²) in [5.41, 5.74) is 1.19. The van der Waals surface area contributed by atoms with Crippen molar-refractivity contribution in [3.8, 4) is 0 Å². The molecule has 1 heterocycles. The molecule has 0 aromatic heterocycles. The molecule has 1 amide bonds. The zero-order valence-corrected chi connectivity index (χ0v) is 15.6. The molecule has 1 atom stereocenters. The van der Waals surface area contributed by atoms with Crippen LogP contribution in [0.4, 0.5) is 0 Å². The quantitative estimate of drug-likeness (QED) is 0.761. The first-order chi connectivity index (χ1) is 10.2. The van der Waals surface area contributed by atoms with Gasteiger partial charge in [-0.05, 0) is 30.1 Å². The number of rotatable bonds is 5. The Kier molecular flexibility index (Phi) is 5.13. The summed E-state index contributed by atoms with van der Waals surface area (Å²) in [6.07, 6.45) is 1.57. The van der Waals surface area contributed by atoms with Gasteiger partial charge in [-0.25, -0.2) is 0 Å². The van der Waals surface area contributed by atoms with Crippen LogP contribution in [0.15, 0.2) is 30.3 Å². The van der Waals surface area contributed by atoms with Gasteiger partial charge in [-0.1, -0.05) is 51.1 Å². The Balaban J connectivity index is 1.99. The van der Waals surface area contributed by atoms with Gasteiger partial charge in [-0.2, -0.15) is 0 Å². The molecule has 0 saturated carbocycles. The minimum Gasteiger partial charge on any atom is -0.415 e. The fourth-order valence-electron chi connectivity index (χ4n) is 2.48. The molecule has 122 valence electrons. The number of carbonyl (C=O) groups excluding carboxylic acids is 1. The normalized spacial score (nSPS) is 19.8. The number of benzene rings is 1. The molecule has 0 N–H and O–H groups in total. The number of hydrogen-bond donors (Lipinski definition) is 0. The summed E-state index contributed by atoms with van der Waals surface area (Å²) >= 11 is 0. The highest BCUT2D eigenvalue weighted by Gasteiger charge is 2.39. The van der Waals surface area contributed by atoms with E-state index < -0.39 is 8.32 Å². The Labute approximate surface area is 135 Å². The van der Waals surface area contributed by atoms with Crippen LogP contribution in [-0.2, 0) is 15.8 Å². The fourth-order valence-corrected chi connectivity index (χ4v) is 3.53. The molecule has 0 bridgehead atoms. The Morgan fingerprint density at radius 2 is 1.86 bits per heavy atom. The predicted molar refractivity (Wildman–Crippen MR) is 93.2 cm³/mol. The van der Waals surface area contributed by atoms with Crippen molar-refractivity contribution in [3.63, 3.8) is 0 Å². The lowest BCUT2D eigenvalue weighted by atomic mass is 10.2. The van der Waals surface area contributed by atoms with Crippen molar-refractivity contribution in [2.75, 3.05) is 6.61 Å².